The topological polar surface area (TPSA) is 0 Å². The van der Waals surface area contributed by atoms with Crippen molar-refractivity contribution in [2.75, 3.05) is 0 Å². The predicted molar refractivity (Wildman–Crippen MR) is 52.6 cm³/mol. The molecule has 0 aromatic heterocycles. The maximum absolute atomic E-state index is 3.76. The van der Waals surface area contributed by atoms with Crippen molar-refractivity contribution in [2.45, 2.75) is 33.6 Å². The van der Waals surface area contributed by atoms with Gasteiger partial charge in [-0.3, -0.25) is 0 Å². The molecule has 0 unspecified atom stereocenters. The summed E-state index contributed by atoms with van der Waals surface area (Å²) in [6.45, 7) is 10.2. The van der Waals surface area contributed by atoms with E-state index < -0.39 is 0 Å². The summed E-state index contributed by atoms with van der Waals surface area (Å²) in [6, 6.07) is 0. The molecule has 0 fully saturated rings. The molecule has 0 bridgehead atoms. The monoisotopic (exact) mass is 150 g/mol. The Balaban J connectivity index is 4.35. The molecule has 0 N–H and O–H groups in total. The van der Waals surface area contributed by atoms with Gasteiger partial charge < -0.3 is 0 Å². The molecular weight excluding hydrogens is 132 g/mol. The van der Waals surface area contributed by atoms with Crippen molar-refractivity contribution in [3.05, 3.63) is 36.0 Å². The first kappa shape index (κ1) is 10.2. The molecule has 0 saturated heterocycles. The highest BCUT2D eigenvalue weighted by molar-refractivity contribution is 5.28. The summed E-state index contributed by atoms with van der Waals surface area (Å²) in [5.41, 5.74) is 2.71. The minimum absolute atomic E-state index is 1.07. The van der Waals surface area contributed by atoms with Gasteiger partial charge in [0.2, 0.25) is 0 Å². The molecule has 0 nitrogen and oxygen atoms in total. The minimum Gasteiger partial charge on any atom is -0.0988 e. The van der Waals surface area contributed by atoms with Crippen LogP contribution in [-0.2, 0) is 0 Å². The highest BCUT2D eigenvalue weighted by Gasteiger charge is 1.89. The van der Waals surface area contributed by atoms with Crippen molar-refractivity contribution in [3.63, 3.8) is 0 Å². The Morgan fingerprint density at radius 1 is 1.18 bits per heavy atom. The SMILES string of the molecule is C=C/C(=C\C(=C/C)CC)CC. The van der Waals surface area contributed by atoms with Gasteiger partial charge in [0.25, 0.3) is 0 Å². The Morgan fingerprint density at radius 2 is 1.73 bits per heavy atom. The fourth-order valence-corrected chi connectivity index (χ4v) is 0.933. The molecule has 11 heavy (non-hydrogen) atoms. The van der Waals surface area contributed by atoms with Crippen LogP contribution >= 0.6 is 0 Å². The van der Waals surface area contributed by atoms with E-state index in [9.17, 15) is 0 Å². The quantitative estimate of drug-likeness (QED) is 0.534. The van der Waals surface area contributed by atoms with Crippen molar-refractivity contribution in [3.8, 4) is 0 Å². The van der Waals surface area contributed by atoms with Crippen molar-refractivity contribution in [1.82, 2.24) is 0 Å². The summed E-state index contributed by atoms with van der Waals surface area (Å²) in [5, 5.41) is 0. The summed E-state index contributed by atoms with van der Waals surface area (Å²) >= 11 is 0. The molecule has 0 aromatic carbocycles. The van der Waals surface area contributed by atoms with Gasteiger partial charge in [0.1, 0.15) is 0 Å². The van der Waals surface area contributed by atoms with Crippen LogP contribution < -0.4 is 0 Å². The minimum atomic E-state index is 1.07. The van der Waals surface area contributed by atoms with Crippen LogP contribution in [0, 0.1) is 0 Å². The predicted octanol–water partition coefficient (Wildman–Crippen LogP) is 3.87. The maximum Gasteiger partial charge on any atom is -0.0308 e. The zero-order chi connectivity index (χ0) is 8.69. The van der Waals surface area contributed by atoms with E-state index in [1.165, 1.54) is 11.1 Å². The van der Waals surface area contributed by atoms with Gasteiger partial charge in [0, 0.05) is 0 Å². The Bertz CT molecular complexity index is 170. The van der Waals surface area contributed by atoms with Gasteiger partial charge in [-0.25, -0.2) is 0 Å². The van der Waals surface area contributed by atoms with Crippen molar-refractivity contribution in [1.29, 1.82) is 0 Å². The molecule has 0 heteroatoms. The first-order valence-electron chi connectivity index (χ1n) is 4.26. The Morgan fingerprint density at radius 3 is 2.00 bits per heavy atom. The Hall–Kier alpha value is -0.780. The van der Waals surface area contributed by atoms with E-state index >= 15 is 0 Å². The fraction of sp³-hybridized carbons (Fsp3) is 0.455. The van der Waals surface area contributed by atoms with Crippen LogP contribution in [0.15, 0.2) is 36.0 Å². The maximum atomic E-state index is 3.76. The summed E-state index contributed by atoms with van der Waals surface area (Å²) < 4.78 is 0. The van der Waals surface area contributed by atoms with Crippen LogP contribution in [0.4, 0.5) is 0 Å². The van der Waals surface area contributed by atoms with Gasteiger partial charge >= 0.3 is 0 Å². The van der Waals surface area contributed by atoms with Crippen molar-refractivity contribution in [2.24, 2.45) is 0 Å². The molecule has 0 spiro atoms. The van der Waals surface area contributed by atoms with Crippen LogP contribution in [0.3, 0.4) is 0 Å². The number of hydrogen-bond acceptors (Lipinski definition) is 0. The van der Waals surface area contributed by atoms with Crippen LogP contribution in [-0.4, -0.2) is 0 Å². The smallest absolute Gasteiger partial charge is 0.0308 e. The fourth-order valence-electron chi connectivity index (χ4n) is 0.933. The molecular formula is C11H18. The lowest BCUT2D eigenvalue weighted by atomic mass is 10.1. The average molecular weight is 150 g/mol. The van der Waals surface area contributed by atoms with Crippen LogP contribution in [0.25, 0.3) is 0 Å². The standard InChI is InChI=1S/C11H18/c1-5-10(6-2)9-11(7-3)8-4/h5,7,9H,1,6,8H2,2-4H3/b10-9+,11-7-. The van der Waals surface area contributed by atoms with E-state index in [0.29, 0.717) is 0 Å². The van der Waals surface area contributed by atoms with Gasteiger partial charge in [-0.1, -0.05) is 44.2 Å². The van der Waals surface area contributed by atoms with E-state index in [1.807, 2.05) is 6.08 Å². The zero-order valence-corrected chi connectivity index (χ0v) is 7.85. The third-order valence-electron chi connectivity index (χ3n) is 1.82. The molecule has 0 heterocycles. The van der Waals surface area contributed by atoms with Crippen LogP contribution in [0.5, 0.6) is 0 Å². The van der Waals surface area contributed by atoms with Gasteiger partial charge in [0.15, 0.2) is 0 Å². The third-order valence-corrected chi connectivity index (χ3v) is 1.82. The van der Waals surface area contributed by atoms with Gasteiger partial charge in [-0.05, 0) is 25.3 Å². The highest BCUT2D eigenvalue weighted by atomic mass is 14.0. The molecule has 0 atom stereocenters. The summed E-state index contributed by atoms with van der Waals surface area (Å²) in [5.74, 6) is 0. The van der Waals surface area contributed by atoms with Gasteiger partial charge in [-0.2, -0.15) is 0 Å². The highest BCUT2D eigenvalue weighted by Crippen LogP contribution is 2.09. The molecule has 0 aliphatic rings. The van der Waals surface area contributed by atoms with E-state index in [4.69, 9.17) is 0 Å². The van der Waals surface area contributed by atoms with E-state index in [2.05, 4.69) is 39.5 Å². The average Bonchev–Trinajstić information content (AvgIpc) is 2.07. The van der Waals surface area contributed by atoms with Crippen LogP contribution in [0.2, 0.25) is 0 Å². The van der Waals surface area contributed by atoms with E-state index in [-0.39, 0.29) is 0 Å². The van der Waals surface area contributed by atoms with E-state index in [1.54, 1.807) is 0 Å². The van der Waals surface area contributed by atoms with E-state index in [0.717, 1.165) is 12.8 Å². The molecule has 0 amide bonds. The lowest BCUT2D eigenvalue weighted by Gasteiger charge is -1.98. The third kappa shape index (κ3) is 3.82. The van der Waals surface area contributed by atoms with Crippen LogP contribution in [0.1, 0.15) is 33.6 Å². The summed E-state index contributed by atoms with van der Waals surface area (Å²) in [6.07, 6.45) is 8.47. The largest absolute Gasteiger partial charge is 0.0988 e. The van der Waals surface area contributed by atoms with Gasteiger partial charge in [-0.15, -0.1) is 0 Å². The first-order valence-corrected chi connectivity index (χ1v) is 4.26. The molecule has 0 aliphatic heterocycles. The molecule has 0 radical (unpaired) electrons. The number of allylic oxidation sites excluding steroid dienone is 5. The second-order valence-corrected chi connectivity index (χ2v) is 2.49. The molecule has 0 rings (SSSR count). The lowest BCUT2D eigenvalue weighted by molar-refractivity contribution is 1.10. The summed E-state index contributed by atoms with van der Waals surface area (Å²) in [4.78, 5) is 0. The molecule has 0 aromatic rings. The zero-order valence-electron chi connectivity index (χ0n) is 7.85. The lowest BCUT2D eigenvalue weighted by Crippen LogP contribution is -1.78. The van der Waals surface area contributed by atoms with Crippen molar-refractivity contribution < 1.29 is 0 Å². The summed E-state index contributed by atoms with van der Waals surface area (Å²) in [7, 11) is 0. The number of hydrogen-bond donors (Lipinski definition) is 0. The Labute approximate surface area is 70.3 Å². The Kier molecular flexibility index (Phi) is 5.54. The molecule has 0 saturated carbocycles. The molecule has 62 valence electrons. The normalized spacial score (nSPS) is 13.4. The number of rotatable bonds is 4. The first-order chi connectivity index (χ1) is 5.28. The second kappa shape index (κ2) is 5.96. The van der Waals surface area contributed by atoms with Crippen molar-refractivity contribution >= 4 is 0 Å². The molecule has 0 aliphatic carbocycles. The second-order valence-electron chi connectivity index (χ2n) is 2.49. The van der Waals surface area contributed by atoms with Gasteiger partial charge in [0.05, 0.1) is 0 Å².